The quantitative estimate of drug-likeness (QED) is 0.899. The number of nitrogens with one attached hydrogen (secondary N) is 1. The van der Waals surface area contributed by atoms with Crippen molar-refractivity contribution in [3.8, 4) is 0 Å². The van der Waals surface area contributed by atoms with E-state index in [9.17, 15) is 14.0 Å². The third kappa shape index (κ3) is 3.32. The van der Waals surface area contributed by atoms with Crippen LogP contribution in [0.25, 0.3) is 0 Å². The second-order valence-electron chi connectivity index (χ2n) is 5.37. The molecule has 0 radical (unpaired) electrons. The first-order valence-corrected chi connectivity index (χ1v) is 6.96. The molecule has 0 aliphatic carbocycles. The predicted octanol–water partition coefficient (Wildman–Crippen LogP) is 2.45. The standard InChI is InChI=1S/C15H19FN2O3/c1-9-5-6-11(8-12(9)16)10(2)17-15(21)18-7-3-4-13(18)14(19)20/h5-6,8,10,13H,3-4,7H2,1-2H3,(H,17,21)(H,19,20)/t10?,13-/m0/s1. The van der Waals surface area contributed by atoms with E-state index in [2.05, 4.69) is 5.32 Å². The lowest BCUT2D eigenvalue weighted by molar-refractivity contribution is -0.141. The number of benzene rings is 1. The Morgan fingerprint density at radius 1 is 1.48 bits per heavy atom. The number of carbonyl (C=O) groups is 2. The van der Waals surface area contributed by atoms with Crippen LogP contribution in [0.2, 0.25) is 0 Å². The summed E-state index contributed by atoms with van der Waals surface area (Å²) in [4.78, 5) is 24.6. The van der Waals surface area contributed by atoms with Gasteiger partial charge in [0.05, 0.1) is 6.04 Å². The van der Waals surface area contributed by atoms with Gasteiger partial charge in [-0.2, -0.15) is 0 Å². The van der Waals surface area contributed by atoms with Crippen LogP contribution in [0.15, 0.2) is 18.2 Å². The van der Waals surface area contributed by atoms with Gasteiger partial charge in [-0.05, 0) is 43.9 Å². The highest BCUT2D eigenvalue weighted by Crippen LogP contribution is 2.20. The van der Waals surface area contributed by atoms with Crippen molar-refractivity contribution >= 4 is 12.0 Å². The summed E-state index contributed by atoms with van der Waals surface area (Å²) in [5.41, 5.74) is 1.19. The summed E-state index contributed by atoms with van der Waals surface area (Å²) >= 11 is 0. The summed E-state index contributed by atoms with van der Waals surface area (Å²) in [7, 11) is 0. The first-order valence-electron chi connectivity index (χ1n) is 6.96. The number of rotatable bonds is 3. The Bertz CT molecular complexity index is 562. The average molecular weight is 294 g/mol. The molecule has 0 bridgehead atoms. The molecule has 5 nitrogen and oxygen atoms in total. The van der Waals surface area contributed by atoms with Crippen LogP contribution in [-0.4, -0.2) is 34.6 Å². The Morgan fingerprint density at radius 2 is 2.19 bits per heavy atom. The second kappa shape index (κ2) is 6.11. The van der Waals surface area contributed by atoms with Crippen molar-refractivity contribution in [1.29, 1.82) is 0 Å². The molecule has 1 aromatic rings. The highest BCUT2D eigenvalue weighted by Gasteiger charge is 2.34. The number of carboxylic acid groups (broad SMARTS) is 1. The summed E-state index contributed by atoms with van der Waals surface area (Å²) in [6, 6.07) is 3.22. The minimum atomic E-state index is -0.989. The highest BCUT2D eigenvalue weighted by molar-refractivity contribution is 5.83. The van der Waals surface area contributed by atoms with Crippen molar-refractivity contribution in [2.75, 3.05) is 6.54 Å². The van der Waals surface area contributed by atoms with Crippen LogP contribution in [0.3, 0.4) is 0 Å². The van der Waals surface area contributed by atoms with Crippen molar-refractivity contribution in [2.24, 2.45) is 0 Å². The second-order valence-corrected chi connectivity index (χ2v) is 5.37. The summed E-state index contributed by atoms with van der Waals surface area (Å²) in [5, 5.41) is 11.8. The van der Waals surface area contributed by atoms with E-state index < -0.39 is 18.0 Å². The molecule has 1 aliphatic heterocycles. The number of carboxylic acids is 1. The highest BCUT2D eigenvalue weighted by atomic mass is 19.1. The average Bonchev–Trinajstić information content (AvgIpc) is 2.91. The fourth-order valence-corrected chi connectivity index (χ4v) is 2.50. The van der Waals surface area contributed by atoms with Gasteiger partial charge in [0.15, 0.2) is 0 Å². The predicted molar refractivity (Wildman–Crippen MR) is 75.4 cm³/mol. The van der Waals surface area contributed by atoms with Gasteiger partial charge < -0.3 is 15.3 Å². The molecule has 2 rings (SSSR count). The topological polar surface area (TPSA) is 69.6 Å². The fraction of sp³-hybridized carbons (Fsp3) is 0.467. The number of likely N-dealkylation sites (tertiary alicyclic amines) is 1. The lowest BCUT2D eigenvalue weighted by Crippen LogP contribution is -2.46. The van der Waals surface area contributed by atoms with E-state index in [-0.39, 0.29) is 11.9 Å². The molecular weight excluding hydrogens is 275 g/mol. The number of hydrogen-bond acceptors (Lipinski definition) is 2. The Labute approximate surface area is 122 Å². The molecule has 2 amide bonds. The Balaban J connectivity index is 2.04. The number of amides is 2. The first-order chi connectivity index (χ1) is 9.90. The number of hydrogen-bond donors (Lipinski definition) is 2. The van der Waals surface area contributed by atoms with E-state index in [1.807, 2.05) is 0 Å². The molecule has 6 heteroatoms. The van der Waals surface area contributed by atoms with Gasteiger partial charge in [-0.1, -0.05) is 12.1 Å². The normalized spacial score (nSPS) is 19.4. The maximum absolute atomic E-state index is 13.5. The SMILES string of the molecule is Cc1ccc(C(C)NC(=O)N2CCC[C@H]2C(=O)O)cc1F. The summed E-state index contributed by atoms with van der Waals surface area (Å²) in [6.07, 6.45) is 1.15. The summed E-state index contributed by atoms with van der Waals surface area (Å²) in [6.45, 7) is 3.84. The van der Waals surface area contributed by atoms with Gasteiger partial charge >= 0.3 is 12.0 Å². The van der Waals surface area contributed by atoms with E-state index in [1.54, 1.807) is 26.0 Å². The molecule has 1 unspecified atom stereocenters. The maximum Gasteiger partial charge on any atom is 0.326 e. The van der Waals surface area contributed by atoms with E-state index in [4.69, 9.17) is 5.11 Å². The van der Waals surface area contributed by atoms with Gasteiger partial charge in [-0.15, -0.1) is 0 Å². The third-order valence-corrected chi connectivity index (χ3v) is 3.83. The van der Waals surface area contributed by atoms with Crippen LogP contribution in [0.4, 0.5) is 9.18 Å². The molecule has 2 N–H and O–H groups in total. The molecule has 1 saturated heterocycles. The van der Waals surface area contributed by atoms with Crippen LogP contribution in [0.5, 0.6) is 0 Å². The molecular formula is C15H19FN2O3. The van der Waals surface area contributed by atoms with Crippen molar-refractivity contribution in [2.45, 2.75) is 38.8 Å². The van der Waals surface area contributed by atoms with E-state index >= 15 is 0 Å². The summed E-state index contributed by atoms with van der Waals surface area (Å²) < 4.78 is 13.5. The largest absolute Gasteiger partial charge is 0.480 e. The Hall–Kier alpha value is -2.11. The Morgan fingerprint density at radius 3 is 2.81 bits per heavy atom. The van der Waals surface area contributed by atoms with Gasteiger partial charge in [0.1, 0.15) is 11.9 Å². The minimum absolute atomic E-state index is 0.321. The molecule has 0 saturated carbocycles. The number of aliphatic carboxylic acids is 1. The van der Waals surface area contributed by atoms with Crippen LogP contribution in [0.1, 0.15) is 36.9 Å². The van der Waals surface area contributed by atoms with Crippen LogP contribution in [0, 0.1) is 12.7 Å². The van der Waals surface area contributed by atoms with Crippen molar-refractivity contribution in [3.63, 3.8) is 0 Å². The maximum atomic E-state index is 13.5. The lowest BCUT2D eigenvalue weighted by atomic mass is 10.1. The number of aryl methyl sites for hydroxylation is 1. The van der Waals surface area contributed by atoms with Gasteiger partial charge in [0.25, 0.3) is 0 Å². The lowest BCUT2D eigenvalue weighted by Gasteiger charge is -2.24. The number of nitrogens with zero attached hydrogens (tertiary/aromatic N) is 1. The monoisotopic (exact) mass is 294 g/mol. The smallest absolute Gasteiger partial charge is 0.326 e. The number of urea groups is 1. The molecule has 1 aromatic carbocycles. The molecule has 1 heterocycles. The summed E-state index contributed by atoms with van der Waals surface area (Å²) in [5.74, 6) is -1.31. The number of halogens is 1. The van der Waals surface area contributed by atoms with E-state index in [0.29, 0.717) is 30.5 Å². The van der Waals surface area contributed by atoms with Gasteiger partial charge in [0.2, 0.25) is 0 Å². The van der Waals surface area contributed by atoms with Gasteiger partial charge in [0, 0.05) is 6.54 Å². The van der Waals surface area contributed by atoms with E-state index in [0.717, 1.165) is 0 Å². The van der Waals surface area contributed by atoms with Crippen molar-refractivity contribution in [3.05, 3.63) is 35.1 Å². The molecule has 0 spiro atoms. The van der Waals surface area contributed by atoms with Gasteiger partial charge in [-0.3, -0.25) is 0 Å². The first kappa shape index (κ1) is 15.3. The van der Waals surface area contributed by atoms with Crippen molar-refractivity contribution < 1.29 is 19.1 Å². The molecule has 114 valence electrons. The molecule has 21 heavy (non-hydrogen) atoms. The molecule has 1 fully saturated rings. The van der Waals surface area contributed by atoms with E-state index in [1.165, 1.54) is 11.0 Å². The molecule has 1 aliphatic rings. The molecule has 0 aromatic heterocycles. The van der Waals surface area contributed by atoms with Crippen LogP contribution < -0.4 is 5.32 Å². The zero-order chi connectivity index (χ0) is 15.6. The van der Waals surface area contributed by atoms with Crippen LogP contribution >= 0.6 is 0 Å². The molecule has 2 atom stereocenters. The van der Waals surface area contributed by atoms with Crippen molar-refractivity contribution in [1.82, 2.24) is 10.2 Å². The fourth-order valence-electron chi connectivity index (χ4n) is 2.50. The van der Waals surface area contributed by atoms with Gasteiger partial charge in [-0.25, -0.2) is 14.0 Å². The van der Waals surface area contributed by atoms with Crippen LogP contribution in [-0.2, 0) is 4.79 Å². The minimum Gasteiger partial charge on any atom is -0.480 e. The zero-order valence-electron chi connectivity index (χ0n) is 12.1. The zero-order valence-corrected chi connectivity index (χ0v) is 12.1. The number of carbonyl (C=O) groups excluding carboxylic acids is 1. The Kier molecular flexibility index (Phi) is 4.45. The third-order valence-electron chi connectivity index (χ3n) is 3.83.